The summed E-state index contributed by atoms with van der Waals surface area (Å²) in [4.78, 5) is 18.5. The summed E-state index contributed by atoms with van der Waals surface area (Å²) in [6, 6.07) is 5.68. The third kappa shape index (κ3) is 2.80. The van der Waals surface area contributed by atoms with E-state index in [1.807, 2.05) is 24.0 Å². The van der Waals surface area contributed by atoms with E-state index < -0.39 is 0 Å². The Hall–Kier alpha value is -2.21. The van der Waals surface area contributed by atoms with Crippen LogP contribution in [-0.2, 0) is 11.8 Å². The first-order valence-electron chi connectivity index (χ1n) is 6.96. The highest BCUT2D eigenvalue weighted by molar-refractivity contribution is 5.92. The van der Waals surface area contributed by atoms with Crippen molar-refractivity contribution in [3.8, 4) is 0 Å². The van der Waals surface area contributed by atoms with Gasteiger partial charge in [-0.25, -0.2) is 0 Å². The Bertz CT molecular complexity index is 653. The Balaban J connectivity index is 1.77. The van der Waals surface area contributed by atoms with Gasteiger partial charge in [-0.2, -0.15) is 5.10 Å². The first-order valence-corrected chi connectivity index (χ1v) is 6.96. The lowest BCUT2D eigenvalue weighted by Crippen LogP contribution is -2.42. The van der Waals surface area contributed by atoms with Crippen LogP contribution in [0.2, 0.25) is 0 Å². The van der Waals surface area contributed by atoms with Gasteiger partial charge in [0.25, 0.3) is 5.91 Å². The fourth-order valence-electron chi connectivity index (χ4n) is 2.55. The fraction of sp³-hybridized carbons (Fsp3) is 0.400. The highest BCUT2D eigenvalue weighted by atomic mass is 16.5. The normalized spacial score (nSPS) is 18.8. The van der Waals surface area contributed by atoms with Crippen LogP contribution >= 0.6 is 0 Å². The van der Waals surface area contributed by atoms with Crippen LogP contribution in [0.1, 0.15) is 27.8 Å². The number of pyridine rings is 1. The fourth-order valence-corrected chi connectivity index (χ4v) is 2.55. The Morgan fingerprint density at radius 1 is 1.38 bits per heavy atom. The molecule has 0 aliphatic carbocycles. The number of ether oxygens (including phenoxy) is 1. The van der Waals surface area contributed by atoms with Gasteiger partial charge < -0.3 is 9.64 Å². The van der Waals surface area contributed by atoms with E-state index in [1.54, 1.807) is 30.2 Å². The number of aryl methyl sites for hydroxylation is 2. The smallest absolute Gasteiger partial charge is 0.272 e. The van der Waals surface area contributed by atoms with Gasteiger partial charge in [0.2, 0.25) is 0 Å². The first kappa shape index (κ1) is 13.8. The second kappa shape index (κ2) is 5.65. The van der Waals surface area contributed by atoms with Crippen LogP contribution in [0.4, 0.5) is 0 Å². The van der Waals surface area contributed by atoms with Gasteiger partial charge in [-0.1, -0.05) is 0 Å². The lowest BCUT2D eigenvalue weighted by atomic mass is 10.1. The maximum atomic E-state index is 12.5. The SMILES string of the molecule is Cc1cc(C2CN(C(=O)c3ccnn3C)CCO2)ccn1. The average Bonchev–Trinajstić information content (AvgIpc) is 2.93. The maximum Gasteiger partial charge on any atom is 0.272 e. The molecule has 3 heterocycles. The van der Waals surface area contributed by atoms with Crippen molar-refractivity contribution in [1.29, 1.82) is 0 Å². The van der Waals surface area contributed by atoms with Gasteiger partial charge in [0.05, 0.1) is 13.2 Å². The van der Waals surface area contributed by atoms with Crippen LogP contribution < -0.4 is 0 Å². The monoisotopic (exact) mass is 286 g/mol. The third-order valence-electron chi connectivity index (χ3n) is 3.69. The molecule has 2 aromatic heterocycles. The van der Waals surface area contributed by atoms with E-state index in [-0.39, 0.29) is 12.0 Å². The molecule has 1 aliphatic rings. The van der Waals surface area contributed by atoms with Crippen molar-refractivity contribution in [2.24, 2.45) is 7.05 Å². The van der Waals surface area contributed by atoms with E-state index in [1.165, 1.54) is 0 Å². The predicted molar refractivity (Wildman–Crippen MR) is 76.8 cm³/mol. The number of hydrogen-bond acceptors (Lipinski definition) is 4. The summed E-state index contributed by atoms with van der Waals surface area (Å²) in [5, 5.41) is 4.05. The van der Waals surface area contributed by atoms with Crippen molar-refractivity contribution >= 4 is 5.91 Å². The zero-order chi connectivity index (χ0) is 14.8. The number of carbonyl (C=O) groups is 1. The summed E-state index contributed by atoms with van der Waals surface area (Å²) in [5.74, 6) is -0.00548. The molecule has 110 valence electrons. The second-order valence-corrected chi connectivity index (χ2v) is 5.18. The van der Waals surface area contributed by atoms with Crippen molar-refractivity contribution in [2.75, 3.05) is 19.7 Å². The maximum absolute atomic E-state index is 12.5. The number of carbonyl (C=O) groups excluding carboxylic acids is 1. The van der Waals surface area contributed by atoms with Gasteiger partial charge in [0.15, 0.2) is 0 Å². The molecular weight excluding hydrogens is 268 g/mol. The van der Waals surface area contributed by atoms with Gasteiger partial charge in [-0.15, -0.1) is 0 Å². The van der Waals surface area contributed by atoms with Gasteiger partial charge in [0, 0.05) is 31.7 Å². The average molecular weight is 286 g/mol. The lowest BCUT2D eigenvalue weighted by Gasteiger charge is -2.33. The minimum Gasteiger partial charge on any atom is -0.370 e. The third-order valence-corrected chi connectivity index (χ3v) is 3.69. The Morgan fingerprint density at radius 3 is 2.95 bits per heavy atom. The van der Waals surface area contributed by atoms with Crippen LogP contribution in [0.3, 0.4) is 0 Å². The summed E-state index contributed by atoms with van der Waals surface area (Å²) in [6.45, 7) is 3.64. The van der Waals surface area contributed by atoms with Crippen molar-refractivity contribution in [2.45, 2.75) is 13.0 Å². The highest BCUT2D eigenvalue weighted by Gasteiger charge is 2.27. The molecule has 2 aromatic rings. The number of hydrogen-bond donors (Lipinski definition) is 0. The molecule has 1 amide bonds. The topological polar surface area (TPSA) is 60.2 Å². The predicted octanol–water partition coefficient (Wildman–Crippen LogP) is 1.34. The number of nitrogens with zero attached hydrogens (tertiary/aromatic N) is 4. The molecule has 0 saturated carbocycles. The van der Waals surface area contributed by atoms with E-state index in [2.05, 4.69) is 10.1 Å². The van der Waals surface area contributed by atoms with Crippen molar-refractivity contribution in [3.05, 3.63) is 47.5 Å². The Labute approximate surface area is 123 Å². The second-order valence-electron chi connectivity index (χ2n) is 5.18. The molecule has 0 N–H and O–H groups in total. The molecule has 21 heavy (non-hydrogen) atoms. The number of rotatable bonds is 2. The van der Waals surface area contributed by atoms with E-state index in [0.29, 0.717) is 25.4 Å². The van der Waals surface area contributed by atoms with E-state index in [9.17, 15) is 4.79 Å². The number of morpholine rings is 1. The Kier molecular flexibility index (Phi) is 3.70. The quantitative estimate of drug-likeness (QED) is 0.836. The van der Waals surface area contributed by atoms with Crippen LogP contribution in [0, 0.1) is 6.92 Å². The summed E-state index contributed by atoms with van der Waals surface area (Å²) in [5.41, 5.74) is 2.61. The van der Waals surface area contributed by atoms with Crippen LogP contribution in [0.5, 0.6) is 0 Å². The molecule has 6 nitrogen and oxygen atoms in total. The largest absolute Gasteiger partial charge is 0.370 e. The molecule has 1 saturated heterocycles. The molecule has 1 unspecified atom stereocenters. The number of amides is 1. The minimum absolute atomic E-state index is 0.00548. The van der Waals surface area contributed by atoms with Crippen molar-refractivity contribution < 1.29 is 9.53 Å². The van der Waals surface area contributed by atoms with Crippen LogP contribution in [0.25, 0.3) is 0 Å². The summed E-state index contributed by atoms with van der Waals surface area (Å²) in [7, 11) is 1.78. The van der Waals surface area contributed by atoms with Crippen molar-refractivity contribution in [1.82, 2.24) is 19.7 Å². The summed E-state index contributed by atoms with van der Waals surface area (Å²) < 4.78 is 7.40. The molecule has 0 aromatic carbocycles. The lowest BCUT2D eigenvalue weighted by molar-refractivity contribution is -0.0232. The Morgan fingerprint density at radius 2 is 2.24 bits per heavy atom. The van der Waals surface area contributed by atoms with Gasteiger partial charge >= 0.3 is 0 Å². The molecule has 1 fully saturated rings. The van der Waals surface area contributed by atoms with Crippen molar-refractivity contribution in [3.63, 3.8) is 0 Å². The first-order chi connectivity index (χ1) is 10.1. The molecule has 0 bridgehead atoms. The zero-order valence-electron chi connectivity index (χ0n) is 12.2. The van der Waals surface area contributed by atoms with Gasteiger partial charge in [-0.05, 0) is 30.7 Å². The van der Waals surface area contributed by atoms with Gasteiger partial charge in [0.1, 0.15) is 11.8 Å². The zero-order valence-corrected chi connectivity index (χ0v) is 12.2. The van der Waals surface area contributed by atoms with Crippen LogP contribution in [0.15, 0.2) is 30.6 Å². The summed E-state index contributed by atoms with van der Waals surface area (Å²) >= 11 is 0. The number of aromatic nitrogens is 3. The molecule has 6 heteroatoms. The molecule has 1 aliphatic heterocycles. The molecular formula is C15H18N4O2. The van der Waals surface area contributed by atoms with Crippen LogP contribution in [-0.4, -0.2) is 45.3 Å². The van der Waals surface area contributed by atoms with E-state index in [4.69, 9.17) is 4.74 Å². The molecule has 1 atom stereocenters. The molecule has 0 radical (unpaired) electrons. The molecule has 3 rings (SSSR count). The highest BCUT2D eigenvalue weighted by Crippen LogP contribution is 2.23. The summed E-state index contributed by atoms with van der Waals surface area (Å²) in [6.07, 6.45) is 3.31. The van der Waals surface area contributed by atoms with E-state index >= 15 is 0 Å². The standard InChI is InChI=1S/C15H18N4O2/c1-11-9-12(3-5-16-11)14-10-19(7-8-21-14)15(20)13-4-6-17-18(13)2/h3-6,9,14H,7-8,10H2,1-2H3. The minimum atomic E-state index is -0.0994. The molecule has 0 spiro atoms. The van der Waals surface area contributed by atoms with E-state index in [0.717, 1.165) is 11.3 Å². The van der Waals surface area contributed by atoms with Gasteiger partial charge in [-0.3, -0.25) is 14.5 Å².